The third-order valence-corrected chi connectivity index (χ3v) is 12.5. The van der Waals surface area contributed by atoms with Crippen LogP contribution in [0.3, 0.4) is 0 Å². The van der Waals surface area contributed by atoms with Crippen molar-refractivity contribution in [3.8, 4) is 22.3 Å². The van der Waals surface area contributed by atoms with Crippen molar-refractivity contribution in [1.82, 2.24) is 0 Å². The van der Waals surface area contributed by atoms with Crippen LogP contribution in [0, 0.1) is 13.8 Å². The van der Waals surface area contributed by atoms with E-state index in [9.17, 15) is 0 Å². The minimum atomic E-state index is -0.145. The van der Waals surface area contributed by atoms with E-state index in [0.29, 0.717) is 0 Å². The summed E-state index contributed by atoms with van der Waals surface area (Å²) < 4.78 is 0. The number of benzene rings is 7. The molecule has 4 heteroatoms. The van der Waals surface area contributed by atoms with Crippen LogP contribution in [0.25, 0.3) is 22.3 Å². The molecule has 0 aliphatic carbocycles. The van der Waals surface area contributed by atoms with Crippen LogP contribution in [-0.2, 0) is 5.41 Å². The van der Waals surface area contributed by atoms with Crippen molar-refractivity contribution in [3.63, 3.8) is 0 Å². The fraction of sp³-hybridized carbons (Fsp3) is 0.106. The number of anilines is 5. The molecule has 0 spiro atoms. The van der Waals surface area contributed by atoms with Crippen LogP contribution in [0.15, 0.2) is 161 Å². The largest absolute Gasteiger partial charge is 0.376 e. The van der Waals surface area contributed by atoms with Gasteiger partial charge in [-0.1, -0.05) is 117 Å². The van der Waals surface area contributed by atoms with E-state index < -0.39 is 0 Å². The second-order valence-corrected chi connectivity index (χ2v) is 15.7. The van der Waals surface area contributed by atoms with E-state index in [0.717, 1.165) is 0 Å². The fourth-order valence-corrected chi connectivity index (χ4v) is 10.4. The molecule has 0 atom stereocenters. The first-order valence-electron chi connectivity index (χ1n) is 17.9. The summed E-state index contributed by atoms with van der Waals surface area (Å²) in [7, 11) is 0. The molecule has 51 heavy (non-hydrogen) atoms. The van der Waals surface area contributed by atoms with Gasteiger partial charge in [0.1, 0.15) is 0 Å². The molecule has 3 aliphatic heterocycles. The molecule has 3 heterocycles. The van der Waals surface area contributed by atoms with Crippen LogP contribution in [0.1, 0.15) is 36.1 Å². The molecule has 2 nitrogen and oxygen atoms in total. The molecule has 0 fully saturated rings. The molecule has 0 saturated carbocycles. The average Bonchev–Trinajstić information content (AvgIpc) is 3.15. The second kappa shape index (κ2) is 11.3. The van der Waals surface area contributed by atoms with E-state index in [4.69, 9.17) is 0 Å². The van der Waals surface area contributed by atoms with Crippen molar-refractivity contribution in [1.29, 1.82) is 0 Å². The highest BCUT2D eigenvalue weighted by atomic mass is 32.2. The summed E-state index contributed by atoms with van der Waals surface area (Å²) in [5.41, 5.74) is 19.1. The molecule has 10 rings (SSSR count). The van der Waals surface area contributed by atoms with Crippen LogP contribution < -0.4 is 20.6 Å². The van der Waals surface area contributed by atoms with Crippen molar-refractivity contribution in [2.75, 3.05) is 9.71 Å². The maximum absolute atomic E-state index is 2.62. The third-order valence-electron chi connectivity index (χ3n) is 11.3. The molecule has 0 N–H and O–H groups in total. The highest BCUT2D eigenvalue weighted by Gasteiger charge is 2.46. The van der Waals surface area contributed by atoms with E-state index >= 15 is 0 Å². The summed E-state index contributed by atoms with van der Waals surface area (Å²) >= 11 is 1.91. The zero-order valence-electron chi connectivity index (χ0n) is 29.3. The highest BCUT2D eigenvalue weighted by Crippen LogP contribution is 2.55. The summed E-state index contributed by atoms with van der Waals surface area (Å²) in [6.45, 7) is 9.28. The first-order chi connectivity index (χ1) is 24.9. The molecule has 3 aliphatic rings. The van der Waals surface area contributed by atoms with Crippen molar-refractivity contribution < 1.29 is 0 Å². The zero-order valence-corrected chi connectivity index (χ0v) is 30.1. The Balaban J connectivity index is 1.35. The molecule has 0 saturated heterocycles. The van der Waals surface area contributed by atoms with Gasteiger partial charge < -0.3 is 9.71 Å². The number of hydrogen-bond acceptors (Lipinski definition) is 3. The van der Waals surface area contributed by atoms with Crippen LogP contribution in [0.5, 0.6) is 0 Å². The van der Waals surface area contributed by atoms with Crippen molar-refractivity contribution in [3.05, 3.63) is 174 Å². The van der Waals surface area contributed by atoms with E-state index in [-0.39, 0.29) is 12.3 Å². The molecule has 7 aromatic rings. The number of rotatable bonds is 3. The molecule has 0 unspecified atom stereocenters. The summed E-state index contributed by atoms with van der Waals surface area (Å²) in [6, 6.07) is 56.6. The smallest absolute Gasteiger partial charge is 0.333 e. The van der Waals surface area contributed by atoms with Crippen LogP contribution in [0.2, 0.25) is 0 Å². The van der Waals surface area contributed by atoms with Gasteiger partial charge in [0.15, 0.2) is 0 Å². The lowest BCUT2D eigenvalue weighted by Gasteiger charge is -2.47. The van der Waals surface area contributed by atoms with Crippen LogP contribution in [0.4, 0.5) is 28.4 Å². The zero-order chi connectivity index (χ0) is 34.4. The maximum atomic E-state index is 2.62. The summed E-state index contributed by atoms with van der Waals surface area (Å²) in [5.74, 6) is 0. The standard InChI is InChI=1S/C47H37BN2S/c1-30-16-15-17-31(2)45(30)32-26-36-35-28-38-44(51-43-25-14-11-22-37(43)47(38,3)4)29-41(35)50(34-20-9-6-10-21-34)48-39-23-12-13-24-40(39)49(42(27-32)46(36)48)33-18-7-5-8-19-33/h5-29H,1-4H3. The quantitative estimate of drug-likeness (QED) is 0.173. The molecule has 244 valence electrons. The van der Waals surface area contributed by atoms with Gasteiger partial charge in [0.25, 0.3) is 0 Å². The van der Waals surface area contributed by atoms with Crippen molar-refractivity contribution >= 4 is 58.0 Å². The van der Waals surface area contributed by atoms with E-state index in [1.165, 1.54) is 93.7 Å². The van der Waals surface area contributed by atoms with E-state index in [2.05, 4.69) is 189 Å². The van der Waals surface area contributed by atoms with Gasteiger partial charge in [0.05, 0.1) is 0 Å². The van der Waals surface area contributed by atoms with Crippen molar-refractivity contribution in [2.24, 2.45) is 0 Å². The highest BCUT2D eigenvalue weighted by molar-refractivity contribution is 7.99. The topological polar surface area (TPSA) is 6.48 Å². The van der Waals surface area contributed by atoms with Crippen molar-refractivity contribution in [2.45, 2.75) is 42.9 Å². The fourth-order valence-electron chi connectivity index (χ4n) is 8.99. The molecule has 0 bridgehead atoms. The number of hydrogen-bond donors (Lipinski definition) is 0. The van der Waals surface area contributed by atoms with Gasteiger partial charge in [-0.05, 0) is 124 Å². The monoisotopic (exact) mass is 672 g/mol. The number of para-hydroxylation sites is 3. The number of nitrogens with zero attached hydrogens (tertiary/aromatic N) is 2. The first kappa shape index (κ1) is 30.4. The molecular weight excluding hydrogens is 635 g/mol. The minimum absolute atomic E-state index is 0.0139. The van der Waals surface area contributed by atoms with Gasteiger partial charge in [-0.15, -0.1) is 0 Å². The molecular formula is C47H37BN2S. The maximum Gasteiger partial charge on any atom is 0.333 e. The van der Waals surface area contributed by atoms with Gasteiger partial charge >= 0.3 is 6.85 Å². The summed E-state index contributed by atoms with van der Waals surface area (Å²) in [6.07, 6.45) is 0. The van der Waals surface area contributed by atoms with Gasteiger partial charge in [-0.3, -0.25) is 0 Å². The lowest BCUT2D eigenvalue weighted by molar-refractivity contribution is 0.607. The summed E-state index contributed by atoms with van der Waals surface area (Å²) in [4.78, 5) is 7.81. The van der Waals surface area contributed by atoms with Gasteiger partial charge in [0, 0.05) is 49.2 Å². The Labute approximate surface area is 305 Å². The Morgan fingerprint density at radius 2 is 1.20 bits per heavy atom. The molecule has 0 aromatic heterocycles. The van der Waals surface area contributed by atoms with Crippen LogP contribution >= 0.6 is 11.8 Å². The number of fused-ring (bicyclic) bond motifs is 6. The average molecular weight is 673 g/mol. The van der Waals surface area contributed by atoms with E-state index in [1.54, 1.807) is 0 Å². The Morgan fingerprint density at radius 1 is 0.529 bits per heavy atom. The third kappa shape index (κ3) is 4.46. The second-order valence-electron chi connectivity index (χ2n) is 14.7. The first-order valence-corrected chi connectivity index (χ1v) is 18.7. The van der Waals surface area contributed by atoms with Gasteiger partial charge in [0.2, 0.25) is 0 Å². The Hall–Kier alpha value is -5.45. The summed E-state index contributed by atoms with van der Waals surface area (Å²) in [5, 5.41) is 0. The van der Waals surface area contributed by atoms with Crippen LogP contribution in [-0.4, -0.2) is 6.85 Å². The normalized spacial score (nSPS) is 14.6. The lowest BCUT2D eigenvalue weighted by atomic mass is 9.43. The SMILES string of the molecule is Cc1cccc(C)c1-c1cc2c3c(c1)N(c1ccccc1)c1ccccc1B3N(c1ccccc1)c1cc3c(cc1-2)C(C)(C)c1ccccc1S3. The predicted molar refractivity (Wildman–Crippen MR) is 218 cm³/mol. The predicted octanol–water partition coefficient (Wildman–Crippen LogP) is 11.5. The molecule has 0 amide bonds. The van der Waals surface area contributed by atoms with E-state index in [1.807, 2.05) is 11.8 Å². The lowest BCUT2D eigenvalue weighted by Crippen LogP contribution is -2.61. The number of aryl methyl sites for hydroxylation is 2. The molecule has 0 radical (unpaired) electrons. The Bertz CT molecular complexity index is 2500. The van der Waals surface area contributed by atoms with Gasteiger partial charge in [-0.25, -0.2) is 0 Å². The Kier molecular flexibility index (Phi) is 6.72. The Morgan fingerprint density at radius 3 is 1.96 bits per heavy atom. The van der Waals surface area contributed by atoms with Gasteiger partial charge in [-0.2, -0.15) is 0 Å². The minimum Gasteiger partial charge on any atom is -0.376 e. The molecule has 7 aromatic carbocycles.